The van der Waals surface area contributed by atoms with Gasteiger partial charge in [0.15, 0.2) is 9.84 Å². The summed E-state index contributed by atoms with van der Waals surface area (Å²) in [5.41, 5.74) is 0.346. The molecule has 1 amide bonds. The van der Waals surface area contributed by atoms with Gasteiger partial charge in [0.25, 0.3) is 0 Å². The molecule has 0 aliphatic carbocycles. The van der Waals surface area contributed by atoms with Gasteiger partial charge in [-0.2, -0.15) is 13.2 Å². The van der Waals surface area contributed by atoms with E-state index in [1.54, 1.807) is 37.3 Å². The Labute approximate surface area is 228 Å². The molecule has 3 aromatic rings. The van der Waals surface area contributed by atoms with E-state index in [1.807, 2.05) is 0 Å². The first kappa shape index (κ1) is 28.6. The van der Waals surface area contributed by atoms with Gasteiger partial charge < -0.3 is 10.1 Å². The molecule has 0 radical (unpaired) electrons. The van der Waals surface area contributed by atoms with Crippen molar-refractivity contribution < 1.29 is 35.5 Å². The van der Waals surface area contributed by atoms with Crippen molar-refractivity contribution in [2.24, 2.45) is 0 Å². The van der Waals surface area contributed by atoms with Gasteiger partial charge in [-0.25, -0.2) is 12.8 Å². The van der Waals surface area contributed by atoms with E-state index >= 15 is 0 Å². The Balaban J connectivity index is 1.80. The number of benzene rings is 3. The van der Waals surface area contributed by atoms with E-state index < -0.39 is 43.6 Å². The smallest absolute Gasteiger partial charge is 0.416 e. The third kappa shape index (κ3) is 6.28. The Morgan fingerprint density at radius 3 is 2.49 bits per heavy atom. The molecular formula is C28H24ClF4NO4S. The van der Waals surface area contributed by atoms with E-state index in [9.17, 15) is 30.8 Å². The lowest BCUT2D eigenvalue weighted by molar-refractivity contribution is -0.137. The van der Waals surface area contributed by atoms with Gasteiger partial charge in [0.2, 0.25) is 5.91 Å². The molecule has 2 unspecified atom stereocenters. The first-order chi connectivity index (χ1) is 18.3. The van der Waals surface area contributed by atoms with Gasteiger partial charge in [-0.15, -0.1) is 0 Å². The van der Waals surface area contributed by atoms with E-state index in [1.165, 1.54) is 19.1 Å². The molecule has 206 valence electrons. The Kier molecular flexibility index (Phi) is 8.09. The number of alkyl halides is 3. The summed E-state index contributed by atoms with van der Waals surface area (Å²) in [6.07, 6.45) is -3.96. The van der Waals surface area contributed by atoms with Gasteiger partial charge in [-0.05, 0) is 60.5 Å². The summed E-state index contributed by atoms with van der Waals surface area (Å²) in [5, 5.41) is 1.52. The van der Waals surface area contributed by atoms with Crippen LogP contribution in [0.15, 0.2) is 65.6 Å². The average Bonchev–Trinajstić information content (AvgIpc) is 2.86. The highest BCUT2D eigenvalue weighted by molar-refractivity contribution is 7.91. The first-order valence-electron chi connectivity index (χ1n) is 11.9. The van der Waals surface area contributed by atoms with Crippen LogP contribution < -0.4 is 10.1 Å². The number of nitrogens with one attached hydrogen (secondary N) is 1. The average molecular weight is 582 g/mol. The number of sulfone groups is 1. The fourth-order valence-corrected chi connectivity index (χ4v) is 6.68. The summed E-state index contributed by atoms with van der Waals surface area (Å²) in [5.74, 6) is -0.649. The number of carbonyl (C=O) groups excluding carboxylic acids is 1. The van der Waals surface area contributed by atoms with Crippen LogP contribution in [0.5, 0.6) is 5.75 Å². The maximum absolute atomic E-state index is 14.4. The molecule has 4 rings (SSSR count). The van der Waals surface area contributed by atoms with E-state index in [2.05, 4.69) is 5.32 Å². The first-order valence-corrected chi connectivity index (χ1v) is 13.8. The minimum absolute atomic E-state index is 0.00985. The van der Waals surface area contributed by atoms with E-state index in [0.717, 1.165) is 18.2 Å². The summed E-state index contributed by atoms with van der Waals surface area (Å²) in [4.78, 5) is 11.0. The van der Waals surface area contributed by atoms with Crippen LogP contribution in [0.1, 0.15) is 47.8 Å². The van der Waals surface area contributed by atoms with Crippen LogP contribution in [0, 0.1) is 5.82 Å². The van der Waals surface area contributed by atoms with Crippen molar-refractivity contribution in [2.45, 2.75) is 42.7 Å². The molecule has 1 N–H and O–H groups in total. The summed E-state index contributed by atoms with van der Waals surface area (Å²) in [7, 11) is -4.34. The lowest BCUT2D eigenvalue weighted by Gasteiger charge is -2.32. The second kappa shape index (κ2) is 11.0. The van der Waals surface area contributed by atoms with Gasteiger partial charge in [-0.3, -0.25) is 4.79 Å². The number of rotatable bonds is 6. The van der Waals surface area contributed by atoms with Gasteiger partial charge in [0.05, 0.1) is 27.3 Å². The number of hydrogen-bond donors (Lipinski definition) is 1. The molecule has 0 saturated heterocycles. The van der Waals surface area contributed by atoms with Crippen molar-refractivity contribution in [1.82, 2.24) is 5.32 Å². The minimum atomic E-state index is -4.73. The molecule has 1 heterocycles. The molecule has 0 saturated carbocycles. The van der Waals surface area contributed by atoms with Crippen molar-refractivity contribution in [3.05, 3.63) is 93.8 Å². The number of amides is 1. The predicted octanol–water partition coefficient (Wildman–Crippen LogP) is 6.86. The van der Waals surface area contributed by atoms with Crippen LogP contribution in [0.3, 0.4) is 0 Å². The molecule has 1 aliphatic heterocycles. The monoisotopic (exact) mass is 581 g/mol. The number of ether oxygens (including phenoxy) is 1. The van der Waals surface area contributed by atoms with Crippen molar-refractivity contribution in [3.8, 4) is 5.75 Å². The minimum Gasteiger partial charge on any atom is -0.488 e. The summed E-state index contributed by atoms with van der Waals surface area (Å²) in [6, 6.07) is 12.6. The van der Waals surface area contributed by atoms with Crippen LogP contribution in [0.4, 0.5) is 17.6 Å². The molecule has 39 heavy (non-hydrogen) atoms. The molecular weight excluding hydrogens is 558 g/mol. The topological polar surface area (TPSA) is 72.5 Å². The Hall–Kier alpha value is -3.37. The molecule has 0 spiro atoms. The number of allylic oxidation sites excluding steroid dienone is 1. The SMILES string of the molecule is CC(=O)NCC1CC(S(=O)(=O)c2cccc(C(F)(F)F)c2)c2cc(/C=C(\C)c3c(F)cccc3Cl)ccc2O1. The van der Waals surface area contributed by atoms with Gasteiger partial charge in [0.1, 0.15) is 17.7 Å². The zero-order valence-electron chi connectivity index (χ0n) is 20.9. The van der Waals surface area contributed by atoms with Gasteiger partial charge in [-0.1, -0.05) is 35.9 Å². The normalized spacial score (nSPS) is 17.8. The fraction of sp³-hybridized carbons (Fsp3) is 0.250. The van der Waals surface area contributed by atoms with Crippen molar-refractivity contribution in [2.75, 3.05) is 6.54 Å². The zero-order chi connectivity index (χ0) is 28.5. The molecule has 3 aromatic carbocycles. The summed E-state index contributed by atoms with van der Waals surface area (Å²) < 4.78 is 88.0. The van der Waals surface area contributed by atoms with Crippen LogP contribution in [-0.2, 0) is 20.8 Å². The predicted molar refractivity (Wildman–Crippen MR) is 140 cm³/mol. The van der Waals surface area contributed by atoms with E-state index in [0.29, 0.717) is 17.2 Å². The number of halogens is 5. The second-order valence-corrected chi connectivity index (χ2v) is 11.7. The fourth-order valence-electron chi connectivity index (χ4n) is 4.50. The van der Waals surface area contributed by atoms with Gasteiger partial charge >= 0.3 is 6.18 Å². The lowest BCUT2D eigenvalue weighted by atomic mass is 9.97. The quantitative estimate of drug-likeness (QED) is 0.255. The Morgan fingerprint density at radius 2 is 1.82 bits per heavy atom. The van der Waals surface area contributed by atoms with Crippen LogP contribution >= 0.6 is 11.6 Å². The van der Waals surface area contributed by atoms with Crippen molar-refractivity contribution in [3.63, 3.8) is 0 Å². The van der Waals surface area contributed by atoms with Gasteiger partial charge in [0, 0.05) is 24.5 Å². The Morgan fingerprint density at radius 1 is 1.10 bits per heavy atom. The molecule has 0 aromatic heterocycles. The zero-order valence-corrected chi connectivity index (χ0v) is 22.4. The maximum atomic E-state index is 14.4. The van der Waals surface area contributed by atoms with Crippen molar-refractivity contribution in [1.29, 1.82) is 0 Å². The molecule has 11 heteroatoms. The lowest BCUT2D eigenvalue weighted by Crippen LogP contribution is -2.38. The molecule has 1 aliphatic rings. The summed E-state index contributed by atoms with van der Waals surface area (Å²) >= 11 is 6.18. The largest absolute Gasteiger partial charge is 0.488 e. The van der Waals surface area contributed by atoms with Crippen molar-refractivity contribution >= 4 is 39.0 Å². The highest BCUT2D eigenvalue weighted by atomic mass is 35.5. The van der Waals surface area contributed by atoms with Crippen LogP contribution in [-0.4, -0.2) is 27.0 Å². The molecule has 0 bridgehead atoms. The van der Waals surface area contributed by atoms with E-state index in [4.69, 9.17) is 16.3 Å². The van der Waals surface area contributed by atoms with Crippen LogP contribution in [0.25, 0.3) is 11.6 Å². The summed E-state index contributed by atoms with van der Waals surface area (Å²) in [6.45, 7) is 2.97. The maximum Gasteiger partial charge on any atom is 0.416 e. The van der Waals surface area contributed by atoms with Crippen LogP contribution in [0.2, 0.25) is 5.02 Å². The standard InChI is InChI=1S/C28H24ClF4NO4S/c1-16(27-23(29)7-4-8-24(27)30)11-18-9-10-25-22(12-18)26(14-20(38-25)15-34-17(2)35)39(36,37)21-6-3-5-19(13-21)28(31,32)33/h3-13,20,26H,14-15H2,1-2H3,(H,34,35)/b16-11+. The Bertz CT molecular complexity index is 1530. The molecule has 0 fully saturated rings. The number of carbonyl (C=O) groups is 1. The highest BCUT2D eigenvalue weighted by Gasteiger charge is 2.39. The third-order valence-electron chi connectivity index (χ3n) is 6.33. The molecule has 2 atom stereocenters. The number of fused-ring (bicyclic) bond motifs is 1. The number of hydrogen-bond acceptors (Lipinski definition) is 4. The van der Waals surface area contributed by atoms with E-state index in [-0.39, 0.29) is 40.8 Å². The highest BCUT2D eigenvalue weighted by Crippen LogP contribution is 2.44. The molecule has 5 nitrogen and oxygen atoms in total. The third-order valence-corrected chi connectivity index (χ3v) is 8.76. The second-order valence-electron chi connectivity index (χ2n) is 9.19.